The van der Waals surface area contributed by atoms with Gasteiger partial charge in [-0.1, -0.05) is 43.3 Å². The van der Waals surface area contributed by atoms with Gasteiger partial charge in [-0.15, -0.1) is 11.3 Å². The van der Waals surface area contributed by atoms with Crippen molar-refractivity contribution in [3.63, 3.8) is 0 Å². The third-order valence-corrected chi connectivity index (χ3v) is 7.25. The van der Waals surface area contributed by atoms with Gasteiger partial charge in [0.05, 0.1) is 30.7 Å². The molecule has 0 N–H and O–H groups in total. The quantitative estimate of drug-likeness (QED) is 0.467. The molecule has 0 radical (unpaired) electrons. The Balaban J connectivity index is 1.43. The van der Waals surface area contributed by atoms with Crippen molar-refractivity contribution in [2.75, 3.05) is 6.54 Å². The summed E-state index contributed by atoms with van der Waals surface area (Å²) in [6, 6.07) is 13.8. The first kappa shape index (κ1) is 20.6. The first-order valence-electron chi connectivity index (χ1n) is 10.9. The van der Waals surface area contributed by atoms with E-state index in [2.05, 4.69) is 16.9 Å². The molecule has 1 aliphatic heterocycles. The van der Waals surface area contributed by atoms with Gasteiger partial charge in [0, 0.05) is 23.8 Å². The number of thiophene rings is 1. The molecular formula is C25H24N4O2S. The Morgan fingerprint density at radius 3 is 2.78 bits per heavy atom. The number of nitrogens with zero attached hydrogens (tertiary/aromatic N) is 4. The van der Waals surface area contributed by atoms with Gasteiger partial charge >= 0.3 is 0 Å². The third-order valence-electron chi connectivity index (χ3n) is 6.12. The van der Waals surface area contributed by atoms with Gasteiger partial charge in [0.15, 0.2) is 0 Å². The van der Waals surface area contributed by atoms with Gasteiger partial charge < -0.3 is 4.90 Å². The zero-order valence-corrected chi connectivity index (χ0v) is 18.7. The molecule has 4 heterocycles. The van der Waals surface area contributed by atoms with E-state index in [-0.39, 0.29) is 17.4 Å². The zero-order valence-electron chi connectivity index (χ0n) is 17.9. The molecule has 1 amide bonds. The highest BCUT2D eigenvalue weighted by atomic mass is 32.1. The van der Waals surface area contributed by atoms with Gasteiger partial charge in [0.1, 0.15) is 4.83 Å². The van der Waals surface area contributed by atoms with Gasteiger partial charge in [-0.05, 0) is 35.6 Å². The zero-order chi connectivity index (χ0) is 22.1. The number of carbonyl (C=O) groups is 1. The minimum atomic E-state index is -0.137. The van der Waals surface area contributed by atoms with Gasteiger partial charge in [-0.25, -0.2) is 4.98 Å². The van der Waals surface area contributed by atoms with Crippen molar-refractivity contribution in [1.29, 1.82) is 0 Å². The maximum absolute atomic E-state index is 13.3. The number of fused-ring (bicyclic) bond motifs is 3. The third kappa shape index (κ3) is 3.73. The molecule has 1 aliphatic rings. The monoisotopic (exact) mass is 444 g/mol. The summed E-state index contributed by atoms with van der Waals surface area (Å²) in [7, 11) is 0. The highest BCUT2D eigenvalue weighted by molar-refractivity contribution is 7.18. The number of benzene rings is 1. The Hall–Kier alpha value is -3.32. The summed E-state index contributed by atoms with van der Waals surface area (Å²) in [5.41, 5.74) is 3.05. The van der Waals surface area contributed by atoms with E-state index >= 15 is 0 Å². The molecule has 1 unspecified atom stereocenters. The second-order valence-corrected chi connectivity index (χ2v) is 9.19. The summed E-state index contributed by atoms with van der Waals surface area (Å²) in [6.45, 7) is 3.66. The topological polar surface area (TPSA) is 68.1 Å². The molecule has 6 nitrogen and oxygen atoms in total. The van der Waals surface area contributed by atoms with Crippen LogP contribution in [-0.2, 0) is 24.3 Å². The molecule has 1 atom stereocenters. The maximum Gasteiger partial charge on any atom is 0.262 e. The Bertz CT molecular complexity index is 1310. The summed E-state index contributed by atoms with van der Waals surface area (Å²) in [6.07, 6.45) is 6.54. The second kappa shape index (κ2) is 8.67. The van der Waals surface area contributed by atoms with Crippen LogP contribution in [-0.4, -0.2) is 31.9 Å². The van der Waals surface area contributed by atoms with Crippen molar-refractivity contribution in [1.82, 2.24) is 19.4 Å². The molecule has 0 fully saturated rings. The van der Waals surface area contributed by atoms with Crippen molar-refractivity contribution in [3.8, 4) is 0 Å². The average Bonchev–Trinajstić information content (AvgIpc) is 3.21. The van der Waals surface area contributed by atoms with Gasteiger partial charge in [0.2, 0.25) is 5.91 Å². The van der Waals surface area contributed by atoms with E-state index < -0.39 is 0 Å². The van der Waals surface area contributed by atoms with Crippen molar-refractivity contribution >= 4 is 27.5 Å². The summed E-state index contributed by atoms with van der Waals surface area (Å²) in [4.78, 5) is 39.0. The van der Waals surface area contributed by atoms with Crippen LogP contribution in [0.2, 0.25) is 0 Å². The summed E-state index contributed by atoms with van der Waals surface area (Å²) in [5, 5.41) is 0.707. The molecule has 1 aromatic carbocycles. The van der Waals surface area contributed by atoms with Crippen LogP contribution < -0.4 is 5.56 Å². The highest BCUT2D eigenvalue weighted by Gasteiger charge is 2.30. The number of rotatable bonds is 5. The van der Waals surface area contributed by atoms with E-state index in [9.17, 15) is 9.59 Å². The van der Waals surface area contributed by atoms with Crippen molar-refractivity contribution in [2.24, 2.45) is 0 Å². The van der Waals surface area contributed by atoms with Crippen molar-refractivity contribution < 1.29 is 4.79 Å². The fourth-order valence-electron chi connectivity index (χ4n) is 4.47. The van der Waals surface area contributed by atoms with E-state index in [1.807, 2.05) is 47.4 Å². The van der Waals surface area contributed by atoms with E-state index in [0.717, 1.165) is 32.8 Å². The van der Waals surface area contributed by atoms with Crippen molar-refractivity contribution in [2.45, 2.75) is 38.8 Å². The molecular weight excluding hydrogens is 420 g/mol. The molecule has 4 aromatic rings. The lowest BCUT2D eigenvalue weighted by Crippen LogP contribution is -2.38. The van der Waals surface area contributed by atoms with E-state index in [4.69, 9.17) is 0 Å². The summed E-state index contributed by atoms with van der Waals surface area (Å²) >= 11 is 1.53. The van der Waals surface area contributed by atoms with Crippen LogP contribution in [0.25, 0.3) is 10.2 Å². The lowest BCUT2D eigenvalue weighted by Gasteiger charge is -2.30. The van der Waals surface area contributed by atoms with Crippen LogP contribution in [0.4, 0.5) is 0 Å². The van der Waals surface area contributed by atoms with E-state index in [1.54, 1.807) is 23.3 Å². The predicted octanol–water partition coefficient (Wildman–Crippen LogP) is 3.98. The van der Waals surface area contributed by atoms with Crippen LogP contribution in [0.15, 0.2) is 66.0 Å². The fourth-order valence-corrected chi connectivity index (χ4v) is 5.66. The Kier molecular flexibility index (Phi) is 5.57. The molecule has 3 aromatic heterocycles. The van der Waals surface area contributed by atoms with E-state index in [1.165, 1.54) is 11.3 Å². The first-order chi connectivity index (χ1) is 15.7. The number of carbonyl (C=O) groups excluding carboxylic acids is 1. The molecule has 32 heavy (non-hydrogen) atoms. The molecule has 0 spiro atoms. The smallest absolute Gasteiger partial charge is 0.262 e. The normalized spacial score (nSPS) is 14.3. The van der Waals surface area contributed by atoms with Crippen LogP contribution in [0.3, 0.4) is 0 Å². The van der Waals surface area contributed by atoms with Crippen molar-refractivity contribution in [3.05, 3.63) is 93.1 Å². The number of amides is 1. The van der Waals surface area contributed by atoms with Gasteiger partial charge in [-0.2, -0.15) is 0 Å². The minimum Gasteiger partial charge on any atom is -0.337 e. The van der Waals surface area contributed by atoms with Crippen LogP contribution in [0.5, 0.6) is 0 Å². The molecule has 0 bridgehead atoms. The molecule has 162 valence electrons. The lowest BCUT2D eigenvalue weighted by atomic mass is 9.94. The molecule has 0 saturated carbocycles. The number of aromatic nitrogens is 3. The SMILES string of the molecule is CCC(C(=O)N1CCc2c(sc3ncn(Cc4cccnc4)c(=O)c23)C1)c1ccccc1. The van der Waals surface area contributed by atoms with E-state index in [0.29, 0.717) is 31.4 Å². The predicted molar refractivity (Wildman–Crippen MR) is 126 cm³/mol. The van der Waals surface area contributed by atoms with Gasteiger partial charge in [0.25, 0.3) is 5.56 Å². The van der Waals surface area contributed by atoms with Crippen LogP contribution in [0, 0.1) is 0 Å². The highest BCUT2D eigenvalue weighted by Crippen LogP contribution is 2.34. The molecule has 7 heteroatoms. The largest absolute Gasteiger partial charge is 0.337 e. The Morgan fingerprint density at radius 2 is 2.03 bits per heavy atom. The van der Waals surface area contributed by atoms with Crippen LogP contribution >= 0.6 is 11.3 Å². The molecule has 0 aliphatic carbocycles. The van der Waals surface area contributed by atoms with Gasteiger partial charge in [-0.3, -0.25) is 19.1 Å². The first-order valence-corrected chi connectivity index (χ1v) is 11.7. The molecule has 5 rings (SSSR count). The number of hydrogen-bond donors (Lipinski definition) is 0. The fraction of sp³-hybridized carbons (Fsp3) is 0.280. The lowest BCUT2D eigenvalue weighted by molar-refractivity contribution is -0.133. The Morgan fingerprint density at radius 1 is 1.19 bits per heavy atom. The number of hydrogen-bond acceptors (Lipinski definition) is 5. The maximum atomic E-state index is 13.3. The molecule has 0 saturated heterocycles. The summed E-state index contributed by atoms with van der Waals surface area (Å²) in [5.74, 6) is 0.0192. The summed E-state index contributed by atoms with van der Waals surface area (Å²) < 4.78 is 1.65. The minimum absolute atomic E-state index is 0.0214. The average molecular weight is 445 g/mol. The number of pyridine rings is 1. The van der Waals surface area contributed by atoms with Crippen LogP contribution in [0.1, 0.15) is 40.8 Å². The second-order valence-electron chi connectivity index (χ2n) is 8.10. The standard InChI is InChI=1S/C25H24N4O2S/c1-2-19(18-8-4-3-5-9-18)24(30)28-12-10-20-21(15-28)32-23-22(20)25(31)29(16-27-23)14-17-7-6-11-26-13-17/h3-9,11,13,16,19H,2,10,12,14-15H2,1H3. The Labute approximate surface area is 190 Å².